The summed E-state index contributed by atoms with van der Waals surface area (Å²) in [7, 11) is 1.32. The van der Waals surface area contributed by atoms with Crippen LogP contribution in [0.25, 0.3) is 17.0 Å². The van der Waals surface area contributed by atoms with Crippen molar-refractivity contribution < 1.29 is 18.7 Å². The van der Waals surface area contributed by atoms with Gasteiger partial charge in [0.1, 0.15) is 5.82 Å². The van der Waals surface area contributed by atoms with Crippen LogP contribution >= 0.6 is 0 Å². The van der Waals surface area contributed by atoms with Crippen molar-refractivity contribution in [1.82, 2.24) is 9.55 Å². The van der Waals surface area contributed by atoms with Crippen molar-refractivity contribution in [3.8, 4) is 0 Å². The first-order chi connectivity index (χ1) is 12.6. The van der Waals surface area contributed by atoms with E-state index in [1.807, 2.05) is 23.8 Å². The largest absolute Gasteiger partial charge is 0.501 e. The lowest BCUT2D eigenvalue weighted by atomic mass is 10.1. The first kappa shape index (κ1) is 17.7. The van der Waals surface area contributed by atoms with Gasteiger partial charge in [0.2, 0.25) is 0 Å². The lowest BCUT2D eigenvalue weighted by Gasteiger charge is -2.09. The topological polar surface area (TPSA) is 53.4 Å². The zero-order chi connectivity index (χ0) is 18.5. The maximum Gasteiger partial charge on any atom is 0.357 e. The monoisotopic (exact) mass is 354 g/mol. The fourth-order valence-electron chi connectivity index (χ4n) is 2.74. The van der Waals surface area contributed by atoms with Crippen molar-refractivity contribution in [2.45, 2.75) is 13.5 Å². The maximum absolute atomic E-state index is 13.1. The normalized spacial score (nSPS) is 11.2. The Morgan fingerprint density at radius 3 is 2.73 bits per heavy atom. The zero-order valence-electron chi connectivity index (χ0n) is 14.6. The van der Waals surface area contributed by atoms with E-state index in [9.17, 15) is 9.18 Å². The van der Waals surface area contributed by atoms with E-state index in [1.54, 1.807) is 30.7 Å². The molecule has 0 aliphatic heterocycles. The molecule has 0 saturated carbocycles. The van der Waals surface area contributed by atoms with Crippen LogP contribution < -0.4 is 0 Å². The molecule has 0 bridgehead atoms. The summed E-state index contributed by atoms with van der Waals surface area (Å²) in [6, 6.07) is 8.27. The Morgan fingerprint density at radius 1 is 1.27 bits per heavy atom. The SMILES string of the molecule is CCO/C=C/c1c(C(=O)OC)ncc2c1ccn2Cc1ccc(F)cc1. The number of carbonyl (C=O) groups is 1. The number of hydrogen-bond acceptors (Lipinski definition) is 4. The highest BCUT2D eigenvalue weighted by atomic mass is 19.1. The van der Waals surface area contributed by atoms with Crippen LogP contribution in [0, 0.1) is 5.82 Å². The quantitative estimate of drug-likeness (QED) is 0.496. The van der Waals surface area contributed by atoms with Crippen molar-refractivity contribution in [2.24, 2.45) is 0 Å². The molecule has 0 N–H and O–H groups in total. The first-order valence-electron chi connectivity index (χ1n) is 8.22. The van der Waals surface area contributed by atoms with Crippen molar-refractivity contribution in [2.75, 3.05) is 13.7 Å². The second-order valence-electron chi connectivity index (χ2n) is 5.64. The second-order valence-corrected chi connectivity index (χ2v) is 5.64. The molecule has 2 heterocycles. The van der Waals surface area contributed by atoms with Gasteiger partial charge in [-0.05, 0) is 36.8 Å². The maximum atomic E-state index is 13.1. The average molecular weight is 354 g/mol. The van der Waals surface area contributed by atoms with Crippen LogP contribution in [-0.2, 0) is 16.0 Å². The van der Waals surface area contributed by atoms with Gasteiger partial charge in [0, 0.05) is 23.7 Å². The van der Waals surface area contributed by atoms with E-state index in [0.29, 0.717) is 18.7 Å². The van der Waals surface area contributed by atoms with Crippen LogP contribution in [0.2, 0.25) is 0 Å². The number of carbonyl (C=O) groups excluding carboxylic acids is 1. The minimum absolute atomic E-state index is 0.232. The molecule has 0 atom stereocenters. The third kappa shape index (κ3) is 3.59. The molecule has 5 nitrogen and oxygen atoms in total. The molecule has 0 aliphatic carbocycles. The predicted octanol–water partition coefficient (Wildman–Crippen LogP) is 4.02. The minimum atomic E-state index is -0.505. The molecule has 0 spiro atoms. The van der Waals surface area contributed by atoms with Crippen molar-refractivity contribution in [1.29, 1.82) is 0 Å². The fourth-order valence-corrected chi connectivity index (χ4v) is 2.74. The van der Waals surface area contributed by atoms with Gasteiger partial charge in [-0.3, -0.25) is 0 Å². The molecule has 3 rings (SSSR count). The Bertz CT molecular complexity index is 946. The molecule has 3 aromatic rings. The third-order valence-electron chi connectivity index (χ3n) is 4.01. The van der Waals surface area contributed by atoms with Gasteiger partial charge in [0.15, 0.2) is 5.69 Å². The summed E-state index contributed by atoms with van der Waals surface area (Å²) >= 11 is 0. The van der Waals surface area contributed by atoms with Gasteiger partial charge in [-0.15, -0.1) is 0 Å². The van der Waals surface area contributed by atoms with E-state index in [4.69, 9.17) is 9.47 Å². The summed E-state index contributed by atoms with van der Waals surface area (Å²) in [5.41, 5.74) is 2.70. The molecule has 0 unspecified atom stereocenters. The molecule has 1 aromatic carbocycles. The molecule has 6 heteroatoms. The van der Waals surface area contributed by atoms with E-state index in [-0.39, 0.29) is 11.5 Å². The molecular weight excluding hydrogens is 335 g/mol. The van der Waals surface area contributed by atoms with E-state index < -0.39 is 5.97 Å². The Hall–Kier alpha value is -3.15. The predicted molar refractivity (Wildman–Crippen MR) is 97.2 cm³/mol. The first-order valence-corrected chi connectivity index (χ1v) is 8.22. The standard InChI is InChI=1S/C20H19FN2O3/c1-3-26-11-9-17-16-8-10-23(13-14-4-6-15(21)7-5-14)18(16)12-22-19(17)20(24)25-2/h4-12H,3,13H2,1-2H3/b11-9+. The number of halogens is 1. The highest BCUT2D eigenvalue weighted by Gasteiger charge is 2.17. The van der Waals surface area contributed by atoms with Gasteiger partial charge in [-0.2, -0.15) is 0 Å². The fraction of sp³-hybridized carbons (Fsp3) is 0.200. The van der Waals surface area contributed by atoms with E-state index >= 15 is 0 Å². The van der Waals surface area contributed by atoms with Gasteiger partial charge < -0.3 is 14.0 Å². The summed E-state index contributed by atoms with van der Waals surface area (Å²) in [6.07, 6.45) is 6.81. The molecule has 0 aliphatic rings. The molecule has 26 heavy (non-hydrogen) atoms. The molecule has 0 saturated heterocycles. The minimum Gasteiger partial charge on any atom is -0.501 e. The van der Waals surface area contributed by atoms with Crippen molar-refractivity contribution in [3.05, 3.63) is 71.6 Å². The van der Waals surface area contributed by atoms with Gasteiger partial charge in [-0.1, -0.05) is 12.1 Å². The lowest BCUT2D eigenvalue weighted by Crippen LogP contribution is -2.07. The highest BCUT2D eigenvalue weighted by molar-refractivity contribution is 6.00. The number of aromatic nitrogens is 2. The Kier molecular flexibility index (Phi) is 5.31. The number of methoxy groups -OCH3 is 1. The number of hydrogen-bond donors (Lipinski definition) is 0. The van der Waals surface area contributed by atoms with Crippen LogP contribution in [0.1, 0.15) is 28.5 Å². The molecular formula is C20H19FN2O3. The van der Waals surface area contributed by atoms with Crippen LogP contribution in [0.4, 0.5) is 4.39 Å². The number of rotatable bonds is 6. The third-order valence-corrected chi connectivity index (χ3v) is 4.01. The summed E-state index contributed by atoms with van der Waals surface area (Å²) < 4.78 is 25.2. The van der Waals surface area contributed by atoms with Crippen molar-refractivity contribution >= 4 is 22.9 Å². The highest BCUT2D eigenvalue weighted by Crippen LogP contribution is 2.25. The van der Waals surface area contributed by atoms with Crippen LogP contribution in [-0.4, -0.2) is 29.2 Å². The summed E-state index contributed by atoms with van der Waals surface area (Å²) in [5, 5.41) is 0.860. The van der Waals surface area contributed by atoms with Crippen molar-refractivity contribution in [3.63, 3.8) is 0 Å². The Balaban J connectivity index is 2.04. The van der Waals surface area contributed by atoms with Crippen LogP contribution in [0.3, 0.4) is 0 Å². The van der Waals surface area contributed by atoms with E-state index in [1.165, 1.54) is 19.2 Å². The van der Waals surface area contributed by atoms with Gasteiger partial charge >= 0.3 is 5.97 Å². The second kappa shape index (κ2) is 7.82. The Morgan fingerprint density at radius 2 is 2.04 bits per heavy atom. The number of ether oxygens (including phenoxy) is 2. The molecule has 2 aromatic heterocycles. The van der Waals surface area contributed by atoms with Crippen LogP contribution in [0.15, 0.2) is 49.0 Å². The summed E-state index contributed by atoms with van der Waals surface area (Å²) in [5.74, 6) is -0.770. The number of fused-ring (bicyclic) bond motifs is 1. The molecule has 0 amide bonds. The van der Waals surface area contributed by atoms with Gasteiger partial charge in [0.05, 0.1) is 31.7 Å². The number of nitrogens with zero attached hydrogens (tertiary/aromatic N) is 2. The molecule has 134 valence electrons. The Labute approximate surface area is 150 Å². The zero-order valence-corrected chi connectivity index (χ0v) is 14.6. The summed E-state index contributed by atoms with van der Waals surface area (Å²) in [6.45, 7) is 2.97. The van der Waals surface area contributed by atoms with Gasteiger partial charge in [-0.25, -0.2) is 14.2 Å². The summed E-state index contributed by atoms with van der Waals surface area (Å²) in [4.78, 5) is 16.3. The molecule has 0 fully saturated rings. The number of pyridine rings is 1. The lowest BCUT2D eigenvalue weighted by molar-refractivity contribution is 0.0594. The van der Waals surface area contributed by atoms with E-state index in [2.05, 4.69) is 4.98 Å². The smallest absolute Gasteiger partial charge is 0.357 e. The molecule has 0 radical (unpaired) electrons. The number of benzene rings is 1. The van der Waals surface area contributed by atoms with Gasteiger partial charge in [0.25, 0.3) is 0 Å². The average Bonchev–Trinajstić information content (AvgIpc) is 3.06. The number of esters is 1. The van der Waals surface area contributed by atoms with E-state index in [0.717, 1.165) is 16.5 Å². The van der Waals surface area contributed by atoms with Crippen LogP contribution in [0.5, 0.6) is 0 Å².